The van der Waals surface area contributed by atoms with E-state index in [0.29, 0.717) is 17.3 Å². The first-order valence-electron chi connectivity index (χ1n) is 3.65. The molecule has 0 amide bonds. The van der Waals surface area contributed by atoms with Crippen LogP contribution in [0.25, 0.3) is 11.5 Å². The molecule has 5 heteroatoms. The molecule has 0 aliphatic carbocycles. The molecule has 0 saturated heterocycles. The molecule has 0 N–H and O–H groups in total. The number of ether oxygens (including phenoxy) is 1. The van der Waals surface area contributed by atoms with Gasteiger partial charge in [0, 0.05) is 6.20 Å². The van der Waals surface area contributed by atoms with Crippen LogP contribution >= 0.6 is 0 Å². The molecule has 13 heavy (non-hydrogen) atoms. The Balaban J connectivity index is 2.51. The van der Waals surface area contributed by atoms with Gasteiger partial charge in [-0.2, -0.15) is 0 Å². The molecular weight excluding hydrogens is 170 g/mol. The molecule has 0 saturated carbocycles. The highest BCUT2D eigenvalue weighted by molar-refractivity contribution is 5.57. The zero-order chi connectivity index (χ0) is 9.10. The third kappa shape index (κ3) is 1.35. The van der Waals surface area contributed by atoms with Crippen LogP contribution in [0.1, 0.15) is 0 Å². The van der Waals surface area contributed by atoms with Gasteiger partial charge in [0.05, 0.1) is 13.3 Å². The van der Waals surface area contributed by atoms with Gasteiger partial charge in [-0.05, 0) is 0 Å². The number of hydrogen-bond donors (Lipinski definition) is 0. The number of aromatic nitrogens is 3. The van der Waals surface area contributed by atoms with Gasteiger partial charge in [0.25, 0.3) is 0 Å². The van der Waals surface area contributed by atoms with E-state index in [-0.39, 0.29) is 0 Å². The van der Waals surface area contributed by atoms with Crippen molar-refractivity contribution in [3.05, 3.63) is 25.0 Å². The van der Waals surface area contributed by atoms with E-state index in [1.165, 1.54) is 19.7 Å². The van der Waals surface area contributed by atoms with Crippen molar-refractivity contribution in [3.63, 3.8) is 0 Å². The average molecular weight is 177 g/mol. The van der Waals surface area contributed by atoms with Crippen molar-refractivity contribution in [1.29, 1.82) is 0 Å². The summed E-state index contributed by atoms with van der Waals surface area (Å²) >= 11 is 0. The van der Waals surface area contributed by atoms with Crippen LogP contribution in [0.2, 0.25) is 0 Å². The summed E-state index contributed by atoms with van der Waals surface area (Å²) in [5.41, 5.74) is 0.648. The van der Waals surface area contributed by atoms with E-state index >= 15 is 0 Å². The Labute approximate surface area is 74.4 Å². The summed E-state index contributed by atoms with van der Waals surface area (Å²) in [6.07, 6.45) is 6.05. The second-order valence-corrected chi connectivity index (χ2v) is 2.28. The second-order valence-electron chi connectivity index (χ2n) is 2.28. The molecule has 2 heterocycles. The molecule has 2 aromatic heterocycles. The molecule has 0 aliphatic rings. The van der Waals surface area contributed by atoms with Gasteiger partial charge in [-0.3, -0.25) is 0 Å². The van der Waals surface area contributed by atoms with E-state index in [2.05, 4.69) is 15.0 Å². The van der Waals surface area contributed by atoms with Crippen molar-refractivity contribution in [2.75, 3.05) is 7.11 Å². The Morgan fingerprint density at radius 1 is 1.38 bits per heavy atom. The van der Waals surface area contributed by atoms with Gasteiger partial charge in [0.2, 0.25) is 11.8 Å². The first kappa shape index (κ1) is 7.72. The third-order valence-electron chi connectivity index (χ3n) is 1.53. The lowest BCUT2D eigenvalue weighted by Crippen LogP contribution is -1.92. The minimum Gasteiger partial charge on any atom is -0.480 e. The number of nitrogens with zero attached hydrogens (tertiary/aromatic N) is 3. The maximum atomic E-state index is 5.09. The maximum absolute atomic E-state index is 5.09. The van der Waals surface area contributed by atoms with E-state index in [9.17, 15) is 0 Å². The largest absolute Gasteiger partial charge is 0.480 e. The molecule has 0 atom stereocenters. The van der Waals surface area contributed by atoms with Crippen molar-refractivity contribution in [2.45, 2.75) is 0 Å². The van der Waals surface area contributed by atoms with Crippen LogP contribution in [-0.2, 0) is 0 Å². The van der Waals surface area contributed by atoms with Crippen LogP contribution in [0.5, 0.6) is 5.88 Å². The zero-order valence-corrected chi connectivity index (χ0v) is 6.97. The van der Waals surface area contributed by atoms with E-state index in [1.54, 1.807) is 12.4 Å². The number of rotatable bonds is 2. The summed E-state index contributed by atoms with van der Waals surface area (Å²) in [6.45, 7) is 0. The Hall–Kier alpha value is -1.91. The van der Waals surface area contributed by atoms with Crippen LogP contribution in [0.3, 0.4) is 0 Å². The van der Waals surface area contributed by atoms with Gasteiger partial charge < -0.3 is 9.15 Å². The standard InChI is InChI=1S/C8H7N3O2/c1-12-7-6(4-9-5-11-7)8-10-2-3-13-8/h2-5H,1H3. The van der Waals surface area contributed by atoms with E-state index in [0.717, 1.165) is 0 Å². The third-order valence-corrected chi connectivity index (χ3v) is 1.53. The molecule has 0 aromatic carbocycles. The lowest BCUT2D eigenvalue weighted by Gasteiger charge is -2.01. The summed E-state index contributed by atoms with van der Waals surface area (Å²) in [5, 5.41) is 0. The molecule has 2 aromatic rings. The van der Waals surface area contributed by atoms with Gasteiger partial charge in [-0.1, -0.05) is 0 Å². The van der Waals surface area contributed by atoms with Crippen molar-refractivity contribution in [2.24, 2.45) is 0 Å². The molecule has 2 rings (SSSR count). The Bertz CT molecular complexity index is 386. The normalized spacial score (nSPS) is 9.92. The SMILES string of the molecule is COc1ncncc1-c1ncco1. The fraction of sp³-hybridized carbons (Fsp3) is 0.125. The fourth-order valence-electron chi connectivity index (χ4n) is 0.984. The number of hydrogen-bond acceptors (Lipinski definition) is 5. The summed E-state index contributed by atoms with van der Waals surface area (Å²) < 4.78 is 10.1. The van der Waals surface area contributed by atoms with Crippen LogP contribution in [-0.4, -0.2) is 22.1 Å². The van der Waals surface area contributed by atoms with Gasteiger partial charge in [0.1, 0.15) is 18.2 Å². The molecule has 0 aliphatic heterocycles. The van der Waals surface area contributed by atoms with E-state index in [1.807, 2.05) is 0 Å². The van der Waals surface area contributed by atoms with Crippen molar-refractivity contribution in [3.8, 4) is 17.3 Å². The minimum absolute atomic E-state index is 0.456. The molecule has 0 radical (unpaired) electrons. The topological polar surface area (TPSA) is 61.0 Å². The quantitative estimate of drug-likeness (QED) is 0.688. The van der Waals surface area contributed by atoms with Crippen LogP contribution in [0.15, 0.2) is 29.4 Å². The first-order valence-corrected chi connectivity index (χ1v) is 3.65. The van der Waals surface area contributed by atoms with Crippen LogP contribution in [0.4, 0.5) is 0 Å². The van der Waals surface area contributed by atoms with E-state index < -0.39 is 0 Å². The van der Waals surface area contributed by atoms with Crippen molar-refractivity contribution in [1.82, 2.24) is 15.0 Å². The minimum atomic E-state index is 0.456. The second kappa shape index (κ2) is 3.22. The average Bonchev–Trinajstić information content (AvgIpc) is 2.70. The predicted molar refractivity (Wildman–Crippen MR) is 44.1 cm³/mol. The van der Waals surface area contributed by atoms with Crippen molar-refractivity contribution < 1.29 is 9.15 Å². The van der Waals surface area contributed by atoms with Crippen LogP contribution < -0.4 is 4.74 Å². The zero-order valence-electron chi connectivity index (χ0n) is 6.97. The highest BCUT2D eigenvalue weighted by atomic mass is 16.5. The summed E-state index contributed by atoms with van der Waals surface area (Å²) in [7, 11) is 1.54. The molecule has 0 bridgehead atoms. The Morgan fingerprint density at radius 3 is 3.00 bits per heavy atom. The Morgan fingerprint density at radius 2 is 2.31 bits per heavy atom. The van der Waals surface area contributed by atoms with Crippen LogP contribution in [0, 0.1) is 0 Å². The maximum Gasteiger partial charge on any atom is 0.232 e. The molecule has 0 fully saturated rings. The first-order chi connectivity index (χ1) is 6.42. The predicted octanol–water partition coefficient (Wildman–Crippen LogP) is 1.14. The molecule has 0 unspecified atom stereocenters. The lowest BCUT2D eigenvalue weighted by molar-refractivity contribution is 0.396. The van der Waals surface area contributed by atoms with Gasteiger partial charge >= 0.3 is 0 Å². The summed E-state index contributed by atoms with van der Waals surface area (Å²) in [4.78, 5) is 11.7. The summed E-state index contributed by atoms with van der Waals surface area (Å²) in [6, 6.07) is 0. The van der Waals surface area contributed by atoms with Gasteiger partial charge in [-0.15, -0.1) is 0 Å². The van der Waals surface area contributed by atoms with Crippen molar-refractivity contribution >= 4 is 0 Å². The molecule has 66 valence electrons. The van der Waals surface area contributed by atoms with E-state index in [4.69, 9.17) is 9.15 Å². The summed E-state index contributed by atoms with van der Waals surface area (Å²) in [5.74, 6) is 0.912. The highest BCUT2D eigenvalue weighted by Gasteiger charge is 2.10. The van der Waals surface area contributed by atoms with Gasteiger partial charge in [-0.25, -0.2) is 15.0 Å². The van der Waals surface area contributed by atoms with Gasteiger partial charge in [0.15, 0.2) is 0 Å². The number of methoxy groups -OCH3 is 1. The highest BCUT2D eigenvalue weighted by Crippen LogP contribution is 2.24. The smallest absolute Gasteiger partial charge is 0.232 e. The monoisotopic (exact) mass is 177 g/mol. The fourth-order valence-corrected chi connectivity index (χ4v) is 0.984. The molecular formula is C8H7N3O2. The molecule has 0 spiro atoms. The number of oxazole rings is 1. The molecule has 5 nitrogen and oxygen atoms in total. The Kier molecular flexibility index (Phi) is 1.91. The lowest BCUT2D eigenvalue weighted by atomic mass is 10.3.